The number of rotatable bonds is 7. The Morgan fingerprint density at radius 2 is 2.11 bits per heavy atom. The van der Waals surface area contributed by atoms with Crippen LogP contribution in [0.3, 0.4) is 0 Å². The number of aryl methyl sites for hydroxylation is 1. The number of benzene rings is 1. The van der Waals surface area contributed by atoms with Crippen molar-refractivity contribution in [3.8, 4) is 0 Å². The van der Waals surface area contributed by atoms with Gasteiger partial charge in [-0.05, 0) is 57.4 Å². The Labute approximate surface area is 161 Å². The summed E-state index contributed by atoms with van der Waals surface area (Å²) in [5.74, 6) is -0.308. The smallest absolute Gasteiger partial charge is 0.229 e. The van der Waals surface area contributed by atoms with Crippen molar-refractivity contribution in [2.45, 2.75) is 46.1 Å². The molecule has 2 atom stereocenters. The first-order valence-electron chi connectivity index (χ1n) is 10.1. The summed E-state index contributed by atoms with van der Waals surface area (Å²) in [6.07, 6.45) is 2.47. The Bertz CT molecular complexity index is 681. The maximum absolute atomic E-state index is 12.7. The summed E-state index contributed by atoms with van der Waals surface area (Å²) in [5.41, 5.74) is 3.02. The van der Waals surface area contributed by atoms with E-state index in [9.17, 15) is 9.59 Å². The van der Waals surface area contributed by atoms with E-state index in [4.69, 9.17) is 4.74 Å². The van der Waals surface area contributed by atoms with Crippen molar-refractivity contribution in [1.29, 1.82) is 0 Å². The minimum absolute atomic E-state index is 0.0549. The lowest BCUT2D eigenvalue weighted by atomic mass is 10.1. The number of likely N-dealkylation sites (tertiary alicyclic amines) is 1. The molecular weight excluding hydrogens is 342 g/mol. The molecule has 0 bridgehead atoms. The molecule has 0 aliphatic carbocycles. The third-order valence-electron chi connectivity index (χ3n) is 5.63. The van der Waals surface area contributed by atoms with Crippen molar-refractivity contribution in [3.63, 3.8) is 0 Å². The lowest BCUT2D eigenvalue weighted by Crippen LogP contribution is -2.34. The third-order valence-corrected chi connectivity index (χ3v) is 5.63. The van der Waals surface area contributed by atoms with Gasteiger partial charge in [0.15, 0.2) is 0 Å². The van der Waals surface area contributed by atoms with E-state index >= 15 is 0 Å². The molecule has 2 amide bonds. The van der Waals surface area contributed by atoms with Crippen LogP contribution in [0, 0.1) is 12.8 Å². The van der Waals surface area contributed by atoms with Crippen LogP contribution in [0.25, 0.3) is 0 Å². The van der Waals surface area contributed by atoms with Gasteiger partial charge < -0.3 is 19.9 Å². The Balaban J connectivity index is 1.59. The fraction of sp³-hybridized carbons (Fsp3) is 0.619. The quantitative estimate of drug-likeness (QED) is 0.798. The Kier molecular flexibility index (Phi) is 6.37. The molecule has 2 fully saturated rings. The van der Waals surface area contributed by atoms with Gasteiger partial charge in [0.25, 0.3) is 0 Å². The van der Waals surface area contributed by atoms with Crippen LogP contribution in [-0.2, 0) is 14.3 Å². The van der Waals surface area contributed by atoms with Gasteiger partial charge in [-0.1, -0.05) is 0 Å². The lowest BCUT2D eigenvalue weighted by Gasteiger charge is -2.22. The van der Waals surface area contributed by atoms with Crippen molar-refractivity contribution in [2.75, 3.05) is 43.0 Å². The zero-order valence-corrected chi connectivity index (χ0v) is 16.7. The Hall–Kier alpha value is -2.08. The maximum Gasteiger partial charge on any atom is 0.229 e. The number of carbonyl (C=O) groups is 2. The molecule has 0 saturated carbocycles. The zero-order valence-electron chi connectivity index (χ0n) is 16.7. The topological polar surface area (TPSA) is 61.9 Å². The van der Waals surface area contributed by atoms with Crippen LogP contribution in [-0.4, -0.2) is 55.6 Å². The fourth-order valence-electron chi connectivity index (χ4n) is 3.97. The molecule has 6 heteroatoms. The molecule has 0 spiro atoms. The molecule has 2 heterocycles. The van der Waals surface area contributed by atoms with Gasteiger partial charge in [-0.25, -0.2) is 0 Å². The van der Waals surface area contributed by atoms with Gasteiger partial charge >= 0.3 is 0 Å². The van der Waals surface area contributed by atoms with E-state index in [1.807, 2.05) is 19.1 Å². The molecule has 3 rings (SSSR count). The van der Waals surface area contributed by atoms with Crippen molar-refractivity contribution >= 4 is 23.2 Å². The number of nitrogens with zero attached hydrogens (tertiary/aromatic N) is 2. The third kappa shape index (κ3) is 4.61. The van der Waals surface area contributed by atoms with Crippen molar-refractivity contribution in [1.82, 2.24) is 4.90 Å². The standard InChI is InChI=1S/C21H31N3O3/c1-4-23(5-2)17-8-9-19(15(3)11-17)22-21(26)16-12-20(25)24(13-16)14-18-7-6-10-27-18/h8-9,11,16,18H,4-7,10,12-14H2,1-3H3,(H,22,26). The predicted octanol–water partition coefficient (Wildman–Crippen LogP) is 2.81. The molecule has 0 radical (unpaired) electrons. The molecule has 148 valence electrons. The zero-order chi connectivity index (χ0) is 19.4. The van der Waals surface area contributed by atoms with Gasteiger partial charge in [0.1, 0.15) is 0 Å². The lowest BCUT2D eigenvalue weighted by molar-refractivity contribution is -0.129. The van der Waals surface area contributed by atoms with E-state index in [1.165, 1.54) is 0 Å². The summed E-state index contributed by atoms with van der Waals surface area (Å²) in [7, 11) is 0. The van der Waals surface area contributed by atoms with Gasteiger partial charge in [-0.3, -0.25) is 9.59 Å². The molecule has 2 saturated heterocycles. The van der Waals surface area contributed by atoms with E-state index in [0.717, 1.165) is 49.5 Å². The normalized spacial score (nSPS) is 22.3. The van der Waals surface area contributed by atoms with Crippen LogP contribution < -0.4 is 10.2 Å². The van der Waals surface area contributed by atoms with Gasteiger partial charge in [0.2, 0.25) is 11.8 Å². The molecule has 0 aromatic heterocycles. The largest absolute Gasteiger partial charge is 0.376 e. The Morgan fingerprint density at radius 1 is 1.33 bits per heavy atom. The molecule has 2 aliphatic rings. The summed E-state index contributed by atoms with van der Waals surface area (Å²) in [4.78, 5) is 29.0. The predicted molar refractivity (Wildman–Crippen MR) is 107 cm³/mol. The summed E-state index contributed by atoms with van der Waals surface area (Å²) in [6, 6.07) is 6.10. The second-order valence-electron chi connectivity index (χ2n) is 7.50. The van der Waals surface area contributed by atoms with Gasteiger partial charge in [0.05, 0.1) is 12.0 Å². The van der Waals surface area contributed by atoms with Crippen LogP contribution >= 0.6 is 0 Å². The monoisotopic (exact) mass is 373 g/mol. The first-order valence-corrected chi connectivity index (χ1v) is 10.1. The number of hydrogen-bond donors (Lipinski definition) is 1. The van der Waals surface area contributed by atoms with E-state index in [-0.39, 0.29) is 30.3 Å². The van der Waals surface area contributed by atoms with Gasteiger partial charge in [-0.2, -0.15) is 0 Å². The van der Waals surface area contributed by atoms with E-state index in [0.29, 0.717) is 13.1 Å². The number of carbonyl (C=O) groups excluding carboxylic acids is 2. The minimum atomic E-state index is -0.291. The highest BCUT2D eigenvalue weighted by Crippen LogP contribution is 2.26. The average molecular weight is 373 g/mol. The number of ether oxygens (including phenoxy) is 1. The number of anilines is 2. The van der Waals surface area contributed by atoms with Gasteiger partial charge in [-0.15, -0.1) is 0 Å². The Morgan fingerprint density at radius 3 is 2.74 bits per heavy atom. The first kappa shape index (κ1) is 19.7. The molecule has 1 N–H and O–H groups in total. The molecule has 1 aromatic carbocycles. The van der Waals surface area contributed by atoms with E-state index in [1.54, 1.807) is 4.90 Å². The van der Waals surface area contributed by atoms with Crippen molar-refractivity contribution < 1.29 is 14.3 Å². The van der Waals surface area contributed by atoms with Crippen LogP contribution in [0.1, 0.15) is 38.7 Å². The molecule has 6 nitrogen and oxygen atoms in total. The minimum Gasteiger partial charge on any atom is -0.376 e. The number of nitrogens with one attached hydrogen (secondary N) is 1. The second kappa shape index (κ2) is 8.74. The van der Waals surface area contributed by atoms with Crippen LogP contribution in [0.4, 0.5) is 11.4 Å². The van der Waals surface area contributed by atoms with E-state index < -0.39 is 0 Å². The molecular formula is C21H31N3O3. The summed E-state index contributed by atoms with van der Waals surface area (Å²) < 4.78 is 5.62. The highest BCUT2D eigenvalue weighted by Gasteiger charge is 2.36. The highest BCUT2D eigenvalue weighted by molar-refractivity contribution is 5.97. The second-order valence-corrected chi connectivity index (χ2v) is 7.50. The van der Waals surface area contributed by atoms with Crippen molar-refractivity contribution in [3.05, 3.63) is 23.8 Å². The summed E-state index contributed by atoms with van der Waals surface area (Å²) >= 11 is 0. The average Bonchev–Trinajstić information content (AvgIpc) is 3.29. The van der Waals surface area contributed by atoms with E-state index in [2.05, 4.69) is 30.1 Å². The molecule has 2 unspecified atom stereocenters. The number of hydrogen-bond acceptors (Lipinski definition) is 4. The summed E-state index contributed by atoms with van der Waals surface area (Å²) in [6.45, 7) is 10.0. The van der Waals surface area contributed by atoms with Gasteiger partial charge in [0, 0.05) is 50.6 Å². The van der Waals surface area contributed by atoms with Crippen LogP contribution in [0.5, 0.6) is 0 Å². The SMILES string of the molecule is CCN(CC)c1ccc(NC(=O)C2CC(=O)N(CC3CCCO3)C2)c(C)c1. The van der Waals surface area contributed by atoms with Crippen LogP contribution in [0.2, 0.25) is 0 Å². The first-order chi connectivity index (χ1) is 13.0. The van der Waals surface area contributed by atoms with Crippen molar-refractivity contribution in [2.24, 2.45) is 5.92 Å². The molecule has 27 heavy (non-hydrogen) atoms. The van der Waals surface area contributed by atoms with Crippen LogP contribution in [0.15, 0.2) is 18.2 Å². The molecule has 1 aromatic rings. The molecule has 2 aliphatic heterocycles. The summed E-state index contributed by atoms with van der Waals surface area (Å²) in [5, 5.41) is 3.02. The number of amides is 2. The maximum atomic E-state index is 12.7. The highest BCUT2D eigenvalue weighted by atomic mass is 16.5. The fourth-order valence-corrected chi connectivity index (χ4v) is 3.97.